The van der Waals surface area contributed by atoms with Crippen molar-refractivity contribution in [3.63, 3.8) is 0 Å². The molecular weight excluding hydrogens is 252 g/mol. The van der Waals surface area contributed by atoms with Crippen LogP contribution in [0.1, 0.15) is 12.0 Å². The van der Waals surface area contributed by atoms with Crippen molar-refractivity contribution in [2.24, 2.45) is 0 Å². The van der Waals surface area contributed by atoms with Gasteiger partial charge in [-0.15, -0.1) is 11.3 Å². The van der Waals surface area contributed by atoms with Gasteiger partial charge in [-0.25, -0.2) is 0 Å². The molecule has 0 bridgehead atoms. The molecule has 2 aromatic rings. The minimum absolute atomic E-state index is 0.0974. The molecule has 0 atom stereocenters. The summed E-state index contributed by atoms with van der Waals surface area (Å²) in [6.45, 7) is 0. The molecule has 0 fully saturated rings. The number of carbonyl (C=O) groups is 1. The molecule has 5 heteroatoms. The summed E-state index contributed by atoms with van der Waals surface area (Å²) >= 11 is 6.60. The number of H-pyrrole nitrogens is 1. The first-order valence-corrected chi connectivity index (χ1v) is 6.62. The van der Waals surface area contributed by atoms with E-state index in [1.54, 1.807) is 0 Å². The number of hydrogen-bond donors (Lipinski definition) is 2. The van der Waals surface area contributed by atoms with Gasteiger partial charge in [-0.3, -0.25) is 4.79 Å². The molecule has 1 aliphatic rings. The second-order valence-corrected chi connectivity index (χ2v) is 5.53. The van der Waals surface area contributed by atoms with E-state index in [2.05, 4.69) is 16.4 Å². The Balaban J connectivity index is 2.04. The summed E-state index contributed by atoms with van der Waals surface area (Å²) < 4.78 is 0.783. The van der Waals surface area contributed by atoms with Gasteiger partial charge < -0.3 is 10.3 Å². The molecule has 0 aliphatic carbocycles. The van der Waals surface area contributed by atoms with Crippen molar-refractivity contribution in [2.75, 3.05) is 5.32 Å². The van der Waals surface area contributed by atoms with Crippen molar-refractivity contribution < 1.29 is 4.79 Å². The van der Waals surface area contributed by atoms with Gasteiger partial charge in [-0.2, -0.15) is 0 Å². The number of fused-ring (bicyclic) bond motifs is 1. The standard InChI is InChI=1S/C12H10N2OS2/c15-11-4-2-7-5-8(1-3-9(7)13-11)10-6-17-12(16)14-10/h1,3,5-6H,2,4H2,(H,13,15)(H,14,16). The van der Waals surface area contributed by atoms with Gasteiger partial charge in [0, 0.05) is 17.5 Å². The van der Waals surface area contributed by atoms with Gasteiger partial charge in [-0.1, -0.05) is 6.07 Å². The first kappa shape index (κ1) is 10.7. The van der Waals surface area contributed by atoms with Crippen LogP contribution < -0.4 is 5.32 Å². The second-order valence-electron chi connectivity index (χ2n) is 3.98. The third-order valence-electron chi connectivity index (χ3n) is 2.83. The molecule has 1 amide bonds. The van der Waals surface area contributed by atoms with Gasteiger partial charge in [0.25, 0.3) is 0 Å². The van der Waals surface area contributed by atoms with Gasteiger partial charge >= 0.3 is 0 Å². The number of aromatic nitrogens is 1. The molecule has 0 saturated heterocycles. The summed E-state index contributed by atoms with van der Waals surface area (Å²) in [5.74, 6) is 0.0974. The average Bonchev–Trinajstić information content (AvgIpc) is 2.75. The number of amides is 1. The molecule has 2 heterocycles. The van der Waals surface area contributed by atoms with Crippen molar-refractivity contribution in [1.29, 1.82) is 0 Å². The Morgan fingerprint density at radius 1 is 1.29 bits per heavy atom. The summed E-state index contributed by atoms with van der Waals surface area (Å²) in [4.78, 5) is 14.4. The number of carbonyl (C=O) groups excluding carboxylic acids is 1. The Morgan fingerprint density at radius 2 is 2.18 bits per heavy atom. The first-order valence-electron chi connectivity index (χ1n) is 5.33. The molecule has 1 aromatic heterocycles. The van der Waals surface area contributed by atoms with Crippen LogP contribution in [0.15, 0.2) is 23.6 Å². The number of nitrogens with one attached hydrogen (secondary N) is 2. The van der Waals surface area contributed by atoms with E-state index in [-0.39, 0.29) is 5.91 Å². The van der Waals surface area contributed by atoms with Crippen molar-refractivity contribution in [2.45, 2.75) is 12.8 Å². The molecule has 0 saturated carbocycles. The van der Waals surface area contributed by atoms with Gasteiger partial charge in [-0.05, 0) is 41.9 Å². The summed E-state index contributed by atoms with van der Waals surface area (Å²) in [6.07, 6.45) is 1.37. The Kier molecular flexibility index (Phi) is 2.57. The predicted molar refractivity (Wildman–Crippen MR) is 71.9 cm³/mol. The number of aromatic amines is 1. The average molecular weight is 262 g/mol. The predicted octanol–water partition coefficient (Wildman–Crippen LogP) is 3.36. The fourth-order valence-corrected chi connectivity index (χ4v) is 2.82. The highest BCUT2D eigenvalue weighted by Crippen LogP contribution is 2.28. The molecule has 1 aliphatic heterocycles. The van der Waals surface area contributed by atoms with Crippen molar-refractivity contribution >= 4 is 35.1 Å². The lowest BCUT2D eigenvalue weighted by atomic mass is 9.99. The van der Waals surface area contributed by atoms with E-state index >= 15 is 0 Å². The maximum atomic E-state index is 11.3. The van der Waals surface area contributed by atoms with Crippen LogP contribution in [0.5, 0.6) is 0 Å². The van der Waals surface area contributed by atoms with Crippen molar-refractivity contribution in [1.82, 2.24) is 4.98 Å². The molecule has 0 spiro atoms. The normalized spacial score (nSPS) is 14.2. The molecule has 86 valence electrons. The van der Waals surface area contributed by atoms with Crippen LogP contribution in [0.2, 0.25) is 0 Å². The number of thiazole rings is 1. The van der Waals surface area contributed by atoms with Crippen LogP contribution in [-0.4, -0.2) is 10.9 Å². The molecule has 17 heavy (non-hydrogen) atoms. The highest BCUT2D eigenvalue weighted by atomic mass is 32.1. The first-order chi connectivity index (χ1) is 8.22. The number of aryl methyl sites for hydroxylation is 1. The van der Waals surface area contributed by atoms with E-state index in [0.717, 1.165) is 27.3 Å². The van der Waals surface area contributed by atoms with Gasteiger partial charge in [0.2, 0.25) is 5.91 Å². The Bertz CT molecular complexity index is 642. The van der Waals surface area contributed by atoms with Crippen LogP contribution in [0, 0.1) is 3.95 Å². The van der Waals surface area contributed by atoms with E-state index in [0.29, 0.717) is 6.42 Å². The van der Waals surface area contributed by atoms with Crippen molar-refractivity contribution in [3.05, 3.63) is 33.1 Å². The summed E-state index contributed by atoms with van der Waals surface area (Å²) in [5, 5.41) is 4.90. The summed E-state index contributed by atoms with van der Waals surface area (Å²) in [6, 6.07) is 6.07. The summed E-state index contributed by atoms with van der Waals surface area (Å²) in [7, 11) is 0. The topological polar surface area (TPSA) is 44.9 Å². The number of rotatable bonds is 1. The fourth-order valence-electron chi connectivity index (χ4n) is 1.97. The molecule has 2 N–H and O–H groups in total. The van der Waals surface area contributed by atoms with E-state index in [1.807, 2.05) is 17.5 Å². The smallest absolute Gasteiger partial charge is 0.224 e. The molecule has 3 nitrogen and oxygen atoms in total. The largest absolute Gasteiger partial charge is 0.337 e. The Labute approximate surface area is 108 Å². The zero-order valence-electron chi connectivity index (χ0n) is 8.95. The van der Waals surface area contributed by atoms with Crippen molar-refractivity contribution in [3.8, 4) is 11.3 Å². The molecular formula is C12H10N2OS2. The zero-order valence-corrected chi connectivity index (χ0v) is 10.6. The monoisotopic (exact) mass is 262 g/mol. The third kappa shape index (κ3) is 2.03. The maximum absolute atomic E-state index is 11.3. The highest BCUT2D eigenvalue weighted by molar-refractivity contribution is 7.73. The quantitative estimate of drug-likeness (QED) is 0.774. The van der Waals surface area contributed by atoms with Crippen LogP contribution >= 0.6 is 23.6 Å². The Morgan fingerprint density at radius 3 is 2.94 bits per heavy atom. The number of benzene rings is 1. The highest BCUT2D eigenvalue weighted by Gasteiger charge is 2.15. The van der Waals surface area contributed by atoms with E-state index in [9.17, 15) is 4.79 Å². The van der Waals surface area contributed by atoms with E-state index in [1.165, 1.54) is 16.9 Å². The van der Waals surface area contributed by atoms with Gasteiger partial charge in [0.15, 0.2) is 3.95 Å². The molecule has 0 unspecified atom stereocenters. The zero-order chi connectivity index (χ0) is 11.8. The third-order valence-corrected chi connectivity index (χ3v) is 3.89. The Hall–Kier alpha value is -1.46. The van der Waals surface area contributed by atoms with E-state index in [4.69, 9.17) is 12.2 Å². The van der Waals surface area contributed by atoms with Crippen LogP contribution in [0.3, 0.4) is 0 Å². The lowest BCUT2D eigenvalue weighted by molar-refractivity contribution is -0.116. The van der Waals surface area contributed by atoms with Crippen LogP contribution in [-0.2, 0) is 11.2 Å². The lowest BCUT2D eigenvalue weighted by Crippen LogP contribution is -2.18. The lowest BCUT2D eigenvalue weighted by Gasteiger charge is -2.17. The fraction of sp³-hybridized carbons (Fsp3) is 0.167. The second kappa shape index (κ2) is 4.09. The van der Waals surface area contributed by atoms with Crippen LogP contribution in [0.25, 0.3) is 11.3 Å². The molecule has 0 radical (unpaired) electrons. The summed E-state index contributed by atoms with van der Waals surface area (Å²) in [5.41, 5.74) is 4.28. The van der Waals surface area contributed by atoms with E-state index < -0.39 is 0 Å². The maximum Gasteiger partial charge on any atom is 0.224 e. The molecule has 3 rings (SSSR count). The minimum Gasteiger partial charge on any atom is -0.337 e. The number of hydrogen-bond acceptors (Lipinski definition) is 3. The minimum atomic E-state index is 0.0974. The number of anilines is 1. The van der Waals surface area contributed by atoms with Gasteiger partial charge in [0.05, 0.1) is 5.69 Å². The SMILES string of the molecule is O=C1CCc2cc(-c3csc(=S)[nH]3)ccc2N1. The van der Waals surface area contributed by atoms with Crippen LogP contribution in [0.4, 0.5) is 5.69 Å². The van der Waals surface area contributed by atoms with Gasteiger partial charge in [0.1, 0.15) is 0 Å². The molecule has 1 aromatic carbocycles.